The summed E-state index contributed by atoms with van der Waals surface area (Å²) < 4.78 is 5.50. The number of hydrogen-bond acceptors (Lipinski definition) is 3. The predicted octanol–water partition coefficient (Wildman–Crippen LogP) is 1.86. The van der Waals surface area contributed by atoms with Crippen molar-refractivity contribution in [2.75, 3.05) is 26.3 Å². The summed E-state index contributed by atoms with van der Waals surface area (Å²) in [7, 11) is 0. The number of ether oxygens (including phenoxy) is 1. The molecule has 2 atom stereocenters. The number of amides is 2. The summed E-state index contributed by atoms with van der Waals surface area (Å²) in [5, 5.41) is 3.27. The van der Waals surface area contributed by atoms with E-state index in [0.717, 1.165) is 45.6 Å². The molecule has 0 bridgehead atoms. The van der Waals surface area contributed by atoms with Crippen molar-refractivity contribution in [3.63, 3.8) is 0 Å². The molecule has 124 valence electrons. The summed E-state index contributed by atoms with van der Waals surface area (Å²) in [4.78, 5) is 14.4. The average molecular weight is 307 g/mol. The van der Waals surface area contributed by atoms with Gasteiger partial charge in [0.25, 0.3) is 0 Å². The Morgan fingerprint density at radius 2 is 1.82 bits per heavy atom. The van der Waals surface area contributed by atoms with Gasteiger partial charge in [-0.25, -0.2) is 4.79 Å². The molecule has 2 aliphatic carbocycles. The standard InChI is InChI=1S/C17H29N3O2/c18-17-6-1-13(17)11-20(12-17)15(21)19-14-2-4-16(5-3-14)7-9-22-10-8-16/h13-14H,1-12,18H2,(H,19,21)/t13-,17-/m0/s1. The molecule has 5 heteroatoms. The highest BCUT2D eigenvalue weighted by molar-refractivity contribution is 5.75. The van der Waals surface area contributed by atoms with Crippen LogP contribution in [0.3, 0.4) is 0 Å². The molecular weight excluding hydrogens is 278 g/mol. The van der Waals surface area contributed by atoms with Crippen molar-refractivity contribution in [3.05, 3.63) is 0 Å². The van der Waals surface area contributed by atoms with E-state index < -0.39 is 0 Å². The second kappa shape index (κ2) is 5.38. The van der Waals surface area contributed by atoms with Gasteiger partial charge in [0.1, 0.15) is 0 Å². The van der Waals surface area contributed by atoms with E-state index in [1.807, 2.05) is 4.90 Å². The fraction of sp³-hybridized carbons (Fsp3) is 0.941. The van der Waals surface area contributed by atoms with E-state index in [4.69, 9.17) is 10.5 Å². The number of nitrogens with two attached hydrogens (primary N) is 1. The molecule has 0 aromatic carbocycles. The van der Waals surface area contributed by atoms with E-state index in [1.54, 1.807) is 0 Å². The highest BCUT2D eigenvalue weighted by Gasteiger charge is 2.51. The minimum Gasteiger partial charge on any atom is -0.381 e. The number of urea groups is 1. The molecule has 0 radical (unpaired) electrons. The Labute approximate surface area is 132 Å². The molecule has 5 nitrogen and oxygen atoms in total. The molecule has 2 saturated heterocycles. The Hall–Kier alpha value is -0.810. The third kappa shape index (κ3) is 2.52. The fourth-order valence-electron chi connectivity index (χ4n) is 4.99. The van der Waals surface area contributed by atoms with Crippen LogP contribution in [-0.4, -0.2) is 48.8 Å². The molecule has 3 N–H and O–H groups in total. The number of carbonyl (C=O) groups excluding carboxylic acids is 1. The molecule has 4 aliphatic rings. The summed E-state index contributed by atoms with van der Waals surface area (Å²) in [5.74, 6) is 0.537. The van der Waals surface area contributed by atoms with Crippen LogP contribution < -0.4 is 11.1 Å². The fourth-order valence-corrected chi connectivity index (χ4v) is 4.99. The van der Waals surface area contributed by atoms with Gasteiger partial charge in [0, 0.05) is 37.9 Å². The number of nitrogens with one attached hydrogen (secondary N) is 1. The lowest BCUT2D eigenvalue weighted by Crippen LogP contribution is -2.55. The van der Waals surface area contributed by atoms with E-state index in [1.165, 1.54) is 32.1 Å². The normalized spacial score (nSPS) is 37.7. The van der Waals surface area contributed by atoms with Crippen molar-refractivity contribution < 1.29 is 9.53 Å². The molecule has 2 heterocycles. The van der Waals surface area contributed by atoms with Gasteiger partial charge in [-0.05, 0) is 62.7 Å². The van der Waals surface area contributed by atoms with Gasteiger partial charge in [0.2, 0.25) is 0 Å². The van der Waals surface area contributed by atoms with Crippen LogP contribution in [0.2, 0.25) is 0 Å². The Bertz CT molecular complexity index is 439. The van der Waals surface area contributed by atoms with Crippen molar-refractivity contribution in [2.24, 2.45) is 17.1 Å². The SMILES string of the molecule is N[C@]12CC[C@H]1CN(C(=O)NC1CCC3(CCOCC3)CC1)C2. The summed E-state index contributed by atoms with van der Waals surface area (Å²) in [5.41, 5.74) is 6.76. The topological polar surface area (TPSA) is 67.6 Å². The molecular formula is C17H29N3O2. The third-order valence-corrected chi connectivity index (χ3v) is 6.91. The van der Waals surface area contributed by atoms with Gasteiger partial charge in [0.15, 0.2) is 0 Å². The van der Waals surface area contributed by atoms with Crippen molar-refractivity contribution >= 4 is 6.03 Å². The second-order valence-corrected chi connectivity index (χ2v) is 8.19. The minimum atomic E-state index is -0.0734. The van der Waals surface area contributed by atoms with Gasteiger partial charge in [-0.3, -0.25) is 0 Å². The highest BCUT2D eigenvalue weighted by Crippen LogP contribution is 2.45. The molecule has 0 aromatic rings. The Morgan fingerprint density at radius 3 is 2.36 bits per heavy atom. The first kappa shape index (κ1) is 14.8. The quantitative estimate of drug-likeness (QED) is 0.777. The lowest BCUT2D eigenvalue weighted by atomic mass is 9.68. The zero-order valence-corrected chi connectivity index (χ0v) is 13.5. The van der Waals surface area contributed by atoms with Crippen LogP contribution in [0, 0.1) is 11.3 Å². The molecule has 4 rings (SSSR count). The van der Waals surface area contributed by atoms with E-state index in [0.29, 0.717) is 17.4 Å². The summed E-state index contributed by atoms with van der Waals surface area (Å²) in [6.07, 6.45) is 9.40. The number of hydrogen-bond donors (Lipinski definition) is 2. The molecule has 2 amide bonds. The lowest BCUT2D eigenvalue weighted by Gasteiger charge is -2.43. The van der Waals surface area contributed by atoms with Crippen molar-refractivity contribution in [1.82, 2.24) is 10.2 Å². The van der Waals surface area contributed by atoms with Crippen molar-refractivity contribution in [1.29, 1.82) is 0 Å². The monoisotopic (exact) mass is 307 g/mol. The average Bonchev–Trinajstić information content (AvgIpc) is 2.75. The van der Waals surface area contributed by atoms with Crippen LogP contribution in [0.1, 0.15) is 51.4 Å². The molecule has 0 aromatic heterocycles. The maximum absolute atomic E-state index is 12.5. The minimum absolute atomic E-state index is 0.0734. The van der Waals surface area contributed by atoms with Gasteiger partial charge in [-0.15, -0.1) is 0 Å². The molecule has 4 fully saturated rings. The maximum Gasteiger partial charge on any atom is 0.317 e. The smallest absolute Gasteiger partial charge is 0.317 e. The van der Waals surface area contributed by atoms with Crippen molar-refractivity contribution in [3.8, 4) is 0 Å². The Balaban J connectivity index is 1.27. The first-order valence-corrected chi connectivity index (χ1v) is 9.01. The number of carbonyl (C=O) groups is 1. The molecule has 2 saturated carbocycles. The zero-order valence-electron chi connectivity index (χ0n) is 13.5. The third-order valence-electron chi connectivity index (χ3n) is 6.91. The van der Waals surface area contributed by atoms with Crippen LogP contribution in [0.4, 0.5) is 4.79 Å². The zero-order chi connectivity index (χ0) is 15.2. The number of likely N-dealkylation sites (tertiary alicyclic amines) is 1. The molecule has 2 aliphatic heterocycles. The van der Waals surface area contributed by atoms with Crippen LogP contribution in [0.25, 0.3) is 0 Å². The first-order valence-electron chi connectivity index (χ1n) is 9.01. The summed E-state index contributed by atoms with van der Waals surface area (Å²) in [6.45, 7) is 3.45. The van der Waals surface area contributed by atoms with Gasteiger partial charge in [-0.2, -0.15) is 0 Å². The molecule has 1 spiro atoms. The predicted molar refractivity (Wildman–Crippen MR) is 84.5 cm³/mol. The second-order valence-electron chi connectivity index (χ2n) is 8.19. The van der Waals surface area contributed by atoms with Gasteiger partial charge >= 0.3 is 6.03 Å². The highest BCUT2D eigenvalue weighted by atomic mass is 16.5. The Kier molecular flexibility index (Phi) is 3.61. The summed E-state index contributed by atoms with van der Waals surface area (Å²) in [6, 6.07) is 0.472. The molecule has 0 unspecified atom stereocenters. The van der Waals surface area contributed by atoms with E-state index in [2.05, 4.69) is 5.32 Å². The van der Waals surface area contributed by atoms with E-state index >= 15 is 0 Å². The number of nitrogens with zero attached hydrogens (tertiary/aromatic N) is 1. The lowest BCUT2D eigenvalue weighted by molar-refractivity contribution is -0.00881. The van der Waals surface area contributed by atoms with Gasteiger partial charge < -0.3 is 20.7 Å². The molecule has 22 heavy (non-hydrogen) atoms. The van der Waals surface area contributed by atoms with E-state index in [9.17, 15) is 4.79 Å². The van der Waals surface area contributed by atoms with Crippen LogP contribution in [0.5, 0.6) is 0 Å². The van der Waals surface area contributed by atoms with E-state index in [-0.39, 0.29) is 11.6 Å². The van der Waals surface area contributed by atoms with Crippen LogP contribution in [-0.2, 0) is 4.74 Å². The largest absolute Gasteiger partial charge is 0.381 e. The maximum atomic E-state index is 12.5. The number of rotatable bonds is 1. The van der Waals surface area contributed by atoms with Gasteiger partial charge in [0.05, 0.1) is 0 Å². The Morgan fingerprint density at radius 1 is 1.09 bits per heavy atom. The van der Waals surface area contributed by atoms with Gasteiger partial charge in [-0.1, -0.05) is 0 Å². The van der Waals surface area contributed by atoms with Crippen LogP contribution in [0.15, 0.2) is 0 Å². The first-order chi connectivity index (χ1) is 10.6. The van der Waals surface area contributed by atoms with Crippen molar-refractivity contribution in [2.45, 2.75) is 62.9 Å². The number of fused-ring (bicyclic) bond motifs is 1. The summed E-state index contributed by atoms with van der Waals surface area (Å²) >= 11 is 0. The van der Waals surface area contributed by atoms with Crippen LogP contribution >= 0.6 is 0 Å².